The van der Waals surface area contributed by atoms with Crippen LogP contribution in [0.2, 0.25) is 0 Å². The van der Waals surface area contributed by atoms with Gasteiger partial charge >= 0.3 is 18.0 Å². The van der Waals surface area contributed by atoms with Gasteiger partial charge in [-0.2, -0.15) is 0 Å². The molecule has 0 saturated carbocycles. The number of hydrogen-bond donors (Lipinski definition) is 2. The van der Waals surface area contributed by atoms with E-state index in [-0.39, 0.29) is 12.2 Å². The quantitative estimate of drug-likeness (QED) is 0.609. The molecule has 1 aliphatic rings. The number of nitrogens with one attached hydrogen (secondary N) is 2. The van der Waals surface area contributed by atoms with Crippen LogP contribution in [0.3, 0.4) is 0 Å². The topological polar surface area (TPSA) is 121 Å². The monoisotopic (exact) mass is 422 g/mol. The number of esters is 2. The van der Waals surface area contributed by atoms with Gasteiger partial charge in [-0.1, -0.05) is 0 Å². The van der Waals surface area contributed by atoms with E-state index in [1.807, 2.05) is 0 Å². The Labute approximate surface area is 174 Å². The maximum Gasteiger partial charge on any atom is 0.347 e. The van der Waals surface area contributed by atoms with Crippen molar-refractivity contribution >= 4 is 18.0 Å². The molecule has 0 fully saturated rings. The van der Waals surface area contributed by atoms with Crippen molar-refractivity contribution in [3.8, 4) is 17.2 Å². The summed E-state index contributed by atoms with van der Waals surface area (Å²) >= 11 is 0. The van der Waals surface area contributed by atoms with Crippen LogP contribution in [0.4, 0.5) is 4.79 Å². The Balaban J connectivity index is 2.47. The minimum atomic E-state index is -1.11. The number of hydrogen-bond acceptors (Lipinski definition) is 8. The largest absolute Gasteiger partial charge is 0.493 e. The van der Waals surface area contributed by atoms with E-state index in [1.54, 1.807) is 26.0 Å². The van der Waals surface area contributed by atoms with Crippen LogP contribution in [-0.2, 0) is 19.1 Å². The first-order valence-electron chi connectivity index (χ1n) is 9.23. The molecule has 30 heavy (non-hydrogen) atoms. The number of benzene rings is 1. The molecular formula is C20H26N2O8. The first-order chi connectivity index (χ1) is 14.3. The second-order valence-corrected chi connectivity index (χ2v) is 6.33. The highest BCUT2D eigenvalue weighted by molar-refractivity contribution is 5.96. The van der Waals surface area contributed by atoms with Gasteiger partial charge < -0.3 is 34.3 Å². The second kappa shape index (κ2) is 9.86. The molecule has 0 spiro atoms. The number of carbonyl (C=O) groups excluding carboxylic acids is 3. The zero-order valence-corrected chi connectivity index (χ0v) is 17.8. The van der Waals surface area contributed by atoms with Gasteiger partial charge in [-0.3, -0.25) is 0 Å². The van der Waals surface area contributed by atoms with E-state index >= 15 is 0 Å². The molecule has 10 nitrogen and oxygen atoms in total. The predicted molar refractivity (Wildman–Crippen MR) is 105 cm³/mol. The standard InChI is InChI=1S/C20H26N2O8/c1-7-29-18(23)11(3)30-19(24)15-10(2)21-20(25)22-16(15)12-8-13(26-4)17(28-6)14(9-12)27-5/h8-9,11,16H,7H2,1-6H3,(H2,21,22,25)/t11-,16-/m0/s1. The molecular weight excluding hydrogens is 396 g/mol. The number of methoxy groups -OCH3 is 3. The molecule has 0 bridgehead atoms. The molecule has 0 unspecified atom stereocenters. The summed E-state index contributed by atoms with van der Waals surface area (Å²) in [4.78, 5) is 36.8. The van der Waals surface area contributed by atoms with Crippen molar-refractivity contribution < 1.29 is 38.1 Å². The van der Waals surface area contributed by atoms with Gasteiger partial charge in [-0.15, -0.1) is 0 Å². The van der Waals surface area contributed by atoms with Gasteiger partial charge in [0, 0.05) is 5.70 Å². The highest BCUT2D eigenvalue weighted by Crippen LogP contribution is 2.41. The van der Waals surface area contributed by atoms with Gasteiger partial charge in [-0.05, 0) is 38.5 Å². The fourth-order valence-electron chi connectivity index (χ4n) is 3.01. The zero-order chi connectivity index (χ0) is 22.4. The van der Waals surface area contributed by atoms with Crippen LogP contribution in [0.15, 0.2) is 23.4 Å². The number of ether oxygens (including phenoxy) is 5. The number of allylic oxidation sites excluding steroid dienone is 1. The van der Waals surface area contributed by atoms with E-state index in [0.29, 0.717) is 28.5 Å². The molecule has 0 saturated heterocycles. The molecule has 2 rings (SSSR count). The molecule has 1 heterocycles. The molecule has 1 aromatic rings. The van der Waals surface area contributed by atoms with Gasteiger partial charge in [-0.25, -0.2) is 14.4 Å². The normalized spacial score (nSPS) is 16.7. The summed E-state index contributed by atoms with van der Waals surface area (Å²) in [5.41, 5.74) is 0.910. The predicted octanol–water partition coefficient (Wildman–Crippen LogP) is 1.84. The van der Waals surface area contributed by atoms with Crippen molar-refractivity contribution in [1.82, 2.24) is 10.6 Å². The van der Waals surface area contributed by atoms with Gasteiger partial charge in [0.25, 0.3) is 0 Å². The summed E-state index contributed by atoms with van der Waals surface area (Å²) in [6.45, 7) is 4.79. The first-order valence-corrected chi connectivity index (χ1v) is 9.23. The van der Waals surface area contributed by atoms with Gasteiger partial charge in [0.1, 0.15) is 0 Å². The fraction of sp³-hybridized carbons (Fsp3) is 0.450. The molecule has 2 amide bonds. The van der Waals surface area contributed by atoms with Crippen LogP contribution in [0, 0.1) is 0 Å². The molecule has 164 valence electrons. The molecule has 0 aromatic heterocycles. The molecule has 2 atom stereocenters. The SMILES string of the molecule is CCOC(=O)[C@H](C)OC(=O)C1=C(C)NC(=O)N[C@H]1c1cc(OC)c(OC)c(OC)c1. The molecule has 2 N–H and O–H groups in total. The highest BCUT2D eigenvalue weighted by atomic mass is 16.6. The third-order valence-electron chi connectivity index (χ3n) is 4.41. The smallest absolute Gasteiger partial charge is 0.347 e. The first kappa shape index (κ1) is 22.9. The maximum atomic E-state index is 12.9. The second-order valence-electron chi connectivity index (χ2n) is 6.33. The Hall–Kier alpha value is -3.43. The van der Waals surface area contributed by atoms with Crippen molar-refractivity contribution in [3.05, 3.63) is 29.0 Å². The summed E-state index contributed by atoms with van der Waals surface area (Å²) in [6.07, 6.45) is -1.11. The van der Waals surface area contributed by atoms with Crippen LogP contribution in [0.5, 0.6) is 17.2 Å². The van der Waals surface area contributed by atoms with E-state index in [1.165, 1.54) is 28.3 Å². The minimum Gasteiger partial charge on any atom is -0.493 e. The minimum absolute atomic E-state index is 0.125. The van der Waals surface area contributed by atoms with Crippen LogP contribution in [-0.4, -0.2) is 52.0 Å². The summed E-state index contributed by atoms with van der Waals surface area (Å²) in [5.74, 6) is -0.375. The van der Waals surface area contributed by atoms with E-state index in [2.05, 4.69) is 10.6 Å². The lowest BCUT2D eigenvalue weighted by Crippen LogP contribution is -2.45. The van der Waals surface area contributed by atoms with Crippen molar-refractivity contribution in [2.24, 2.45) is 0 Å². The molecule has 1 aliphatic heterocycles. The molecule has 0 aliphatic carbocycles. The summed E-state index contributed by atoms with van der Waals surface area (Å²) in [6, 6.07) is 1.86. The third-order valence-corrected chi connectivity index (χ3v) is 4.41. The molecule has 10 heteroatoms. The Morgan fingerprint density at radius 2 is 1.70 bits per heavy atom. The fourth-order valence-corrected chi connectivity index (χ4v) is 3.01. The summed E-state index contributed by atoms with van der Waals surface area (Å²) in [5, 5.41) is 5.23. The van der Waals surface area contributed by atoms with Crippen LogP contribution in [0.1, 0.15) is 32.4 Å². The average molecular weight is 422 g/mol. The van der Waals surface area contributed by atoms with Crippen LogP contribution < -0.4 is 24.8 Å². The van der Waals surface area contributed by atoms with E-state index in [4.69, 9.17) is 23.7 Å². The van der Waals surface area contributed by atoms with Crippen LogP contribution in [0.25, 0.3) is 0 Å². The lowest BCUT2D eigenvalue weighted by molar-refractivity contribution is -0.164. The zero-order valence-electron chi connectivity index (χ0n) is 17.8. The van der Waals surface area contributed by atoms with Gasteiger partial charge in [0.15, 0.2) is 17.6 Å². The van der Waals surface area contributed by atoms with Gasteiger partial charge in [0.05, 0.1) is 39.6 Å². The third kappa shape index (κ3) is 4.76. The van der Waals surface area contributed by atoms with Crippen molar-refractivity contribution in [2.45, 2.75) is 32.9 Å². The van der Waals surface area contributed by atoms with E-state index in [0.717, 1.165) is 0 Å². The van der Waals surface area contributed by atoms with E-state index < -0.39 is 30.1 Å². The summed E-state index contributed by atoms with van der Waals surface area (Å²) < 4.78 is 26.2. The summed E-state index contributed by atoms with van der Waals surface area (Å²) in [7, 11) is 4.38. The van der Waals surface area contributed by atoms with Crippen molar-refractivity contribution in [2.75, 3.05) is 27.9 Å². The van der Waals surface area contributed by atoms with Gasteiger partial charge in [0.2, 0.25) is 5.75 Å². The number of carbonyl (C=O) groups is 3. The highest BCUT2D eigenvalue weighted by Gasteiger charge is 2.35. The number of urea groups is 1. The van der Waals surface area contributed by atoms with Crippen LogP contribution >= 0.6 is 0 Å². The Kier molecular flexibility index (Phi) is 7.51. The maximum absolute atomic E-state index is 12.9. The molecule has 1 aromatic carbocycles. The number of rotatable bonds is 8. The Morgan fingerprint density at radius 3 is 2.20 bits per heavy atom. The molecule has 0 radical (unpaired) electrons. The van der Waals surface area contributed by atoms with Crippen molar-refractivity contribution in [3.63, 3.8) is 0 Å². The Morgan fingerprint density at radius 1 is 1.10 bits per heavy atom. The lowest BCUT2D eigenvalue weighted by atomic mass is 9.95. The number of amides is 2. The Bertz CT molecular complexity index is 839. The average Bonchev–Trinajstić information content (AvgIpc) is 2.71. The van der Waals surface area contributed by atoms with E-state index in [9.17, 15) is 14.4 Å². The lowest BCUT2D eigenvalue weighted by Gasteiger charge is -2.29. The van der Waals surface area contributed by atoms with Crippen molar-refractivity contribution in [1.29, 1.82) is 0 Å².